The van der Waals surface area contributed by atoms with Crippen LogP contribution in [0.3, 0.4) is 0 Å². The number of rotatable bonds is 10. The third-order valence-corrected chi connectivity index (χ3v) is 3.59. The third kappa shape index (κ3) is 10.2. The summed E-state index contributed by atoms with van der Waals surface area (Å²) in [5.41, 5.74) is 8.01. The predicted molar refractivity (Wildman–Crippen MR) is 123 cm³/mol. The SMILES string of the molecule is CC(C)Oc1ccc(NC(N)=NCCCCOCc2ccccc2)cc1.I. The van der Waals surface area contributed by atoms with Gasteiger partial charge in [0.1, 0.15) is 5.75 Å². The number of ether oxygens (including phenoxy) is 2. The van der Waals surface area contributed by atoms with E-state index in [-0.39, 0.29) is 30.1 Å². The van der Waals surface area contributed by atoms with Gasteiger partial charge in [-0.3, -0.25) is 4.99 Å². The van der Waals surface area contributed by atoms with E-state index in [4.69, 9.17) is 15.2 Å². The van der Waals surface area contributed by atoms with E-state index in [1.165, 1.54) is 5.56 Å². The summed E-state index contributed by atoms with van der Waals surface area (Å²) in [7, 11) is 0. The van der Waals surface area contributed by atoms with E-state index in [1.807, 2.05) is 56.3 Å². The lowest BCUT2D eigenvalue weighted by Crippen LogP contribution is -2.22. The minimum absolute atomic E-state index is 0. The number of hydrogen-bond acceptors (Lipinski definition) is 3. The average molecular weight is 483 g/mol. The predicted octanol–water partition coefficient (Wildman–Crippen LogP) is 4.82. The lowest BCUT2D eigenvalue weighted by molar-refractivity contribution is 0.117. The molecule has 0 unspecified atom stereocenters. The fourth-order valence-electron chi connectivity index (χ4n) is 2.36. The van der Waals surface area contributed by atoms with Crippen molar-refractivity contribution in [1.29, 1.82) is 0 Å². The molecular formula is C21H30IN3O2. The van der Waals surface area contributed by atoms with Gasteiger partial charge in [0, 0.05) is 18.8 Å². The van der Waals surface area contributed by atoms with Crippen LogP contribution in [-0.4, -0.2) is 25.2 Å². The van der Waals surface area contributed by atoms with Crippen molar-refractivity contribution in [2.75, 3.05) is 18.5 Å². The highest BCUT2D eigenvalue weighted by molar-refractivity contribution is 14.0. The number of guanidine groups is 1. The monoisotopic (exact) mass is 483 g/mol. The Balaban J connectivity index is 0.00000364. The number of aliphatic imine (C=N–C) groups is 1. The molecule has 2 aromatic rings. The fourth-order valence-corrected chi connectivity index (χ4v) is 2.36. The molecule has 0 heterocycles. The Bertz CT molecular complexity index is 661. The summed E-state index contributed by atoms with van der Waals surface area (Å²) in [5, 5.41) is 3.09. The van der Waals surface area contributed by atoms with Crippen molar-refractivity contribution in [3.8, 4) is 5.75 Å². The summed E-state index contributed by atoms with van der Waals surface area (Å²) >= 11 is 0. The Morgan fingerprint density at radius 1 is 1.04 bits per heavy atom. The third-order valence-electron chi connectivity index (χ3n) is 3.59. The second-order valence-corrected chi connectivity index (χ2v) is 6.33. The van der Waals surface area contributed by atoms with Gasteiger partial charge in [-0.05, 0) is 56.5 Å². The molecule has 0 saturated carbocycles. The van der Waals surface area contributed by atoms with Crippen molar-refractivity contribution < 1.29 is 9.47 Å². The van der Waals surface area contributed by atoms with Gasteiger partial charge >= 0.3 is 0 Å². The van der Waals surface area contributed by atoms with Gasteiger partial charge in [-0.25, -0.2) is 0 Å². The van der Waals surface area contributed by atoms with Crippen molar-refractivity contribution in [1.82, 2.24) is 0 Å². The summed E-state index contributed by atoms with van der Waals surface area (Å²) in [4.78, 5) is 4.34. The number of unbranched alkanes of at least 4 members (excludes halogenated alkanes) is 1. The molecule has 2 rings (SSSR count). The lowest BCUT2D eigenvalue weighted by Gasteiger charge is -2.11. The number of nitrogens with one attached hydrogen (secondary N) is 1. The van der Waals surface area contributed by atoms with E-state index in [1.54, 1.807) is 0 Å². The quantitative estimate of drug-likeness (QED) is 0.220. The summed E-state index contributed by atoms with van der Waals surface area (Å²) in [5.74, 6) is 1.27. The molecule has 0 aliphatic carbocycles. The Kier molecular flexibility index (Phi) is 11.5. The van der Waals surface area contributed by atoms with Gasteiger partial charge in [-0.15, -0.1) is 24.0 Å². The van der Waals surface area contributed by atoms with Gasteiger partial charge in [0.2, 0.25) is 0 Å². The maximum atomic E-state index is 5.92. The zero-order chi connectivity index (χ0) is 18.6. The fraction of sp³-hybridized carbons (Fsp3) is 0.381. The minimum Gasteiger partial charge on any atom is -0.491 e. The van der Waals surface area contributed by atoms with E-state index in [2.05, 4.69) is 22.4 Å². The van der Waals surface area contributed by atoms with Crippen LogP contribution in [0, 0.1) is 0 Å². The van der Waals surface area contributed by atoms with Crippen LogP contribution >= 0.6 is 24.0 Å². The van der Waals surface area contributed by atoms with Crippen LogP contribution in [0.1, 0.15) is 32.3 Å². The molecule has 3 N–H and O–H groups in total. The molecule has 5 nitrogen and oxygen atoms in total. The molecule has 0 bridgehead atoms. The van der Waals surface area contributed by atoms with Crippen LogP contribution in [0.2, 0.25) is 0 Å². The largest absolute Gasteiger partial charge is 0.491 e. The molecule has 0 saturated heterocycles. The molecule has 0 amide bonds. The summed E-state index contributed by atoms with van der Waals surface area (Å²) in [6.45, 7) is 6.08. The summed E-state index contributed by atoms with van der Waals surface area (Å²) < 4.78 is 11.3. The summed E-state index contributed by atoms with van der Waals surface area (Å²) in [6, 6.07) is 17.9. The molecule has 2 aromatic carbocycles. The maximum absolute atomic E-state index is 5.92. The highest BCUT2D eigenvalue weighted by atomic mass is 127. The van der Waals surface area contributed by atoms with Crippen molar-refractivity contribution in [3.63, 3.8) is 0 Å². The first-order valence-corrected chi connectivity index (χ1v) is 9.09. The Labute approximate surface area is 179 Å². The molecular weight excluding hydrogens is 453 g/mol. The standard InChI is InChI=1S/C21H29N3O2.HI/c1-17(2)26-20-12-10-19(11-13-20)24-21(22)23-14-6-7-15-25-16-18-8-4-3-5-9-18;/h3-5,8-13,17H,6-7,14-16H2,1-2H3,(H3,22,23,24);1H. The maximum Gasteiger partial charge on any atom is 0.193 e. The number of benzene rings is 2. The van der Waals surface area contributed by atoms with Crippen LogP contribution in [0.5, 0.6) is 5.75 Å². The van der Waals surface area contributed by atoms with Gasteiger partial charge in [0.05, 0.1) is 12.7 Å². The smallest absolute Gasteiger partial charge is 0.193 e. The van der Waals surface area contributed by atoms with Gasteiger partial charge in [0.15, 0.2) is 5.96 Å². The summed E-state index contributed by atoms with van der Waals surface area (Å²) in [6.07, 6.45) is 2.07. The molecule has 0 atom stereocenters. The Morgan fingerprint density at radius 2 is 1.74 bits per heavy atom. The number of halogens is 1. The van der Waals surface area contributed by atoms with E-state index >= 15 is 0 Å². The molecule has 6 heteroatoms. The number of nitrogens with two attached hydrogens (primary N) is 1. The molecule has 27 heavy (non-hydrogen) atoms. The first-order valence-electron chi connectivity index (χ1n) is 9.09. The van der Waals surface area contributed by atoms with Crippen molar-refractivity contribution >= 4 is 35.6 Å². The van der Waals surface area contributed by atoms with E-state index in [0.29, 0.717) is 19.1 Å². The molecule has 0 fully saturated rings. The van der Waals surface area contributed by atoms with E-state index < -0.39 is 0 Å². The average Bonchev–Trinajstić information content (AvgIpc) is 2.63. The molecule has 148 valence electrons. The van der Waals surface area contributed by atoms with Crippen LogP contribution < -0.4 is 15.8 Å². The first-order chi connectivity index (χ1) is 12.6. The number of nitrogens with zero attached hydrogens (tertiary/aromatic N) is 1. The van der Waals surface area contributed by atoms with Crippen LogP contribution in [0.25, 0.3) is 0 Å². The van der Waals surface area contributed by atoms with Gasteiger partial charge < -0.3 is 20.5 Å². The number of anilines is 1. The highest BCUT2D eigenvalue weighted by Gasteiger charge is 1.99. The van der Waals surface area contributed by atoms with Crippen molar-refractivity contribution in [2.45, 2.75) is 39.4 Å². The highest BCUT2D eigenvalue weighted by Crippen LogP contribution is 2.16. The molecule has 0 spiro atoms. The molecule has 0 radical (unpaired) electrons. The first kappa shape index (κ1) is 23.2. The zero-order valence-electron chi connectivity index (χ0n) is 16.1. The topological polar surface area (TPSA) is 68.9 Å². The van der Waals surface area contributed by atoms with E-state index in [0.717, 1.165) is 30.9 Å². The minimum atomic E-state index is 0. The van der Waals surface area contributed by atoms with Gasteiger partial charge in [0.25, 0.3) is 0 Å². The number of hydrogen-bond donors (Lipinski definition) is 2. The molecule has 0 aromatic heterocycles. The van der Waals surface area contributed by atoms with Crippen LogP contribution in [0.4, 0.5) is 5.69 Å². The Hall–Kier alpha value is -1.80. The molecule has 0 aliphatic heterocycles. The van der Waals surface area contributed by atoms with E-state index in [9.17, 15) is 0 Å². The zero-order valence-corrected chi connectivity index (χ0v) is 18.4. The molecule has 0 aliphatic rings. The Morgan fingerprint density at radius 3 is 2.41 bits per heavy atom. The van der Waals surface area contributed by atoms with Crippen molar-refractivity contribution in [2.24, 2.45) is 10.7 Å². The second-order valence-electron chi connectivity index (χ2n) is 6.33. The van der Waals surface area contributed by atoms with Crippen LogP contribution in [0.15, 0.2) is 59.6 Å². The van der Waals surface area contributed by atoms with Gasteiger partial charge in [-0.1, -0.05) is 30.3 Å². The normalized spacial score (nSPS) is 11.1. The second kappa shape index (κ2) is 13.4. The van der Waals surface area contributed by atoms with Crippen molar-refractivity contribution in [3.05, 3.63) is 60.2 Å². The van der Waals surface area contributed by atoms with Gasteiger partial charge in [-0.2, -0.15) is 0 Å². The van der Waals surface area contributed by atoms with Crippen LogP contribution in [-0.2, 0) is 11.3 Å². The lowest BCUT2D eigenvalue weighted by atomic mass is 10.2.